The third-order valence-electron chi connectivity index (χ3n) is 12.0. The molecule has 0 radical (unpaired) electrons. The number of esters is 1. The molecule has 0 heterocycles. The highest BCUT2D eigenvalue weighted by Gasteiger charge is 2.38. The number of unbranched alkanes of at least 4 members (excludes halogenated alkanes) is 18. The van der Waals surface area contributed by atoms with Gasteiger partial charge in [0, 0.05) is 19.0 Å². The van der Waals surface area contributed by atoms with Crippen LogP contribution in [-0.2, 0) is 14.3 Å². The first-order chi connectivity index (χ1) is 29.4. The number of nitrogens with one attached hydrogen (secondary N) is 1. The van der Waals surface area contributed by atoms with Gasteiger partial charge in [-0.3, -0.25) is 4.79 Å². The Balaban J connectivity index is 2.55. The van der Waals surface area contributed by atoms with Gasteiger partial charge < -0.3 is 19.7 Å². The lowest BCUT2D eigenvalue weighted by Crippen LogP contribution is -2.39. The lowest BCUT2D eigenvalue weighted by molar-refractivity contribution is -0.151. The number of amides is 1. The lowest BCUT2D eigenvalue weighted by atomic mass is 9.88. The summed E-state index contributed by atoms with van der Waals surface area (Å²) in [7, 11) is 3.94. The first-order valence-electron chi connectivity index (χ1n) is 25.4. The van der Waals surface area contributed by atoms with Crippen LogP contribution in [0.3, 0.4) is 0 Å². The molecule has 1 N–H and O–H groups in total. The van der Waals surface area contributed by atoms with Crippen molar-refractivity contribution in [3.8, 4) is 0 Å². The summed E-state index contributed by atoms with van der Waals surface area (Å²) in [5.74, 6) is 0.361. The van der Waals surface area contributed by atoms with Crippen molar-refractivity contribution in [3.63, 3.8) is 0 Å². The van der Waals surface area contributed by atoms with Gasteiger partial charge in [-0.25, -0.2) is 4.79 Å². The van der Waals surface area contributed by atoms with E-state index in [9.17, 15) is 9.59 Å². The fourth-order valence-electron chi connectivity index (χ4n) is 8.30. The van der Waals surface area contributed by atoms with Gasteiger partial charge >= 0.3 is 12.1 Å². The number of carbonyl (C=O) groups is 2. The Hall–Kier alpha value is -2.60. The van der Waals surface area contributed by atoms with Crippen LogP contribution in [0.4, 0.5) is 4.79 Å². The first kappa shape index (κ1) is 55.4. The molecule has 0 bridgehead atoms. The summed E-state index contributed by atoms with van der Waals surface area (Å²) in [6.07, 6.45) is 58.5. The highest BCUT2D eigenvalue weighted by molar-refractivity contribution is 5.70. The fourth-order valence-corrected chi connectivity index (χ4v) is 8.30. The predicted molar refractivity (Wildman–Crippen MR) is 260 cm³/mol. The molecule has 1 aliphatic carbocycles. The minimum Gasteiger partial charge on any atom is -0.462 e. The van der Waals surface area contributed by atoms with Gasteiger partial charge in [0.2, 0.25) is 0 Å². The standard InChI is InChI=1S/C54H96N2O4/c1-6-9-12-14-16-18-20-22-24-26-28-30-32-34-36-39-41-50(42-40-37-35-33-31-29-27-25-23-21-19-17-15-13-10-7-2)60-53(57)48-49-44-45-52(51(49)43-38-11-8-3)55-54(58)59-47-46-56(4)5/h11,16-19,22-25,38,49-52H,6-10,12-15,20-21,26-37,39-48H2,1-5H3,(H,55,58)/b18-16-,19-17-,24-22-,25-23-,38-11-. The molecule has 1 rings (SSSR count). The second kappa shape index (κ2) is 41.7. The van der Waals surface area contributed by atoms with Crippen LogP contribution in [0.15, 0.2) is 60.8 Å². The van der Waals surface area contributed by atoms with E-state index in [1.54, 1.807) is 0 Å². The number of allylic oxidation sites excluding steroid dienone is 10. The van der Waals surface area contributed by atoms with Crippen molar-refractivity contribution >= 4 is 12.1 Å². The molecule has 6 heteroatoms. The number of hydrogen-bond donors (Lipinski definition) is 1. The molecular formula is C54H96N2O4. The number of alkyl carbamates (subject to hydrolysis) is 1. The summed E-state index contributed by atoms with van der Waals surface area (Å²) in [6, 6.07) is 0.0172. The average Bonchev–Trinajstić information content (AvgIpc) is 3.59. The molecule has 1 fully saturated rings. The van der Waals surface area contributed by atoms with Gasteiger partial charge in [-0.2, -0.15) is 0 Å². The molecule has 0 saturated heterocycles. The van der Waals surface area contributed by atoms with Crippen LogP contribution in [0.1, 0.15) is 220 Å². The minimum atomic E-state index is -0.351. The molecule has 0 aromatic heterocycles. The molecular weight excluding hydrogens is 741 g/mol. The summed E-state index contributed by atoms with van der Waals surface area (Å²) in [4.78, 5) is 28.2. The van der Waals surface area contributed by atoms with Crippen molar-refractivity contribution in [2.45, 2.75) is 232 Å². The fraction of sp³-hybridized carbons (Fsp3) is 0.778. The Morgan fingerprint density at radius 1 is 0.600 bits per heavy atom. The molecule has 60 heavy (non-hydrogen) atoms. The van der Waals surface area contributed by atoms with E-state index in [-0.39, 0.29) is 36.0 Å². The molecule has 1 aliphatic rings. The van der Waals surface area contributed by atoms with E-state index in [4.69, 9.17) is 9.47 Å². The largest absolute Gasteiger partial charge is 0.462 e. The van der Waals surface area contributed by atoms with E-state index in [0.29, 0.717) is 19.6 Å². The molecule has 0 aromatic carbocycles. The summed E-state index contributed by atoms with van der Waals surface area (Å²) in [5, 5.41) is 3.14. The molecule has 3 unspecified atom stereocenters. The van der Waals surface area contributed by atoms with Gasteiger partial charge in [0.05, 0.1) is 0 Å². The zero-order chi connectivity index (χ0) is 43.6. The van der Waals surface area contributed by atoms with E-state index in [1.807, 2.05) is 19.0 Å². The normalized spacial score (nSPS) is 17.3. The van der Waals surface area contributed by atoms with Crippen LogP contribution in [0, 0.1) is 11.8 Å². The number of likely N-dealkylation sites (N-methyl/N-ethyl adjacent to an activating group) is 1. The van der Waals surface area contributed by atoms with E-state index in [0.717, 1.165) is 64.2 Å². The second-order valence-corrected chi connectivity index (χ2v) is 17.9. The average molecular weight is 837 g/mol. The molecule has 346 valence electrons. The molecule has 6 nitrogen and oxygen atoms in total. The van der Waals surface area contributed by atoms with Gasteiger partial charge in [-0.15, -0.1) is 0 Å². The smallest absolute Gasteiger partial charge is 0.407 e. The molecule has 0 aromatic rings. The van der Waals surface area contributed by atoms with Crippen molar-refractivity contribution in [1.82, 2.24) is 10.2 Å². The maximum absolute atomic E-state index is 13.6. The summed E-state index contributed by atoms with van der Waals surface area (Å²) < 4.78 is 11.8. The Morgan fingerprint density at radius 3 is 1.57 bits per heavy atom. The summed E-state index contributed by atoms with van der Waals surface area (Å²) in [6.45, 7) is 7.72. The van der Waals surface area contributed by atoms with Crippen LogP contribution >= 0.6 is 0 Å². The number of nitrogens with zero attached hydrogens (tertiary/aromatic N) is 1. The van der Waals surface area contributed by atoms with E-state index < -0.39 is 0 Å². The highest BCUT2D eigenvalue weighted by atomic mass is 16.6. The zero-order valence-electron chi connectivity index (χ0n) is 40.0. The third-order valence-corrected chi connectivity index (χ3v) is 12.0. The van der Waals surface area contributed by atoms with Crippen molar-refractivity contribution in [2.75, 3.05) is 27.2 Å². The van der Waals surface area contributed by atoms with Gasteiger partial charge in [0.25, 0.3) is 0 Å². The van der Waals surface area contributed by atoms with Gasteiger partial charge in [-0.05, 0) is 142 Å². The molecule has 3 atom stereocenters. The summed E-state index contributed by atoms with van der Waals surface area (Å²) in [5.41, 5.74) is 0. The minimum absolute atomic E-state index is 0.00889. The number of hydrogen-bond acceptors (Lipinski definition) is 5. The topological polar surface area (TPSA) is 67.9 Å². The highest BCUT2D eigenvalue weighted by Crippen LogP contribution is 2.38. The van der Waals surface area contributed by atoms with Crippen molar-refractivity contribution in [3.05, 3.63) is 60.8 Å². The molecule has 0 spiro atoms. The molecule has 1 saturated carbocycles. The quantitative estimate of drug-likeness (QED) is 0.0378. The first-order valence-corrected chi connectivity index (χ1v) is 25.4. The number of carbonyl (C=O) groups excluding carboxylic acids is 2. The third kappa shape index (κ3) is 34.0. The second-order valence-electron chi connectivity index (χ2n) is 17.9. The zero-order valence-corrected chi connectivity index (χ0v) is 40.0. The van der Waals surface area contributed by atoms with E-state index >= 15 is 0 Å². The van der Waals surface area contributed by atoms with Crippen molar-refractivity contribution in [1.29, 1.82) is 0 Å². The SMILES string of the molecule is CC/C=C\CC1C(CC(=O)OC(CCCCCCCC/C=C\C/C=C\CCCCC)CCCCCCCC/C=C\C/C=C\CCCCC)CCC1NC(=O)OCCN(C)C. The Labute approximate surface area is 371 Å². The van der Waals surface area contributed by atoms with Crippen LogP contribution < -0.4 is 5.32 Å². The van der Waals surface area contributed by atoms with Gasteiger partial charge in [-0.1, -0.05) is 159 Å². The van der Waals surface area contributed by atoms with E-state index in [1.165, 1.54) is 128 Å². The predicted octanol–water partition coefficient (Wildman–Crippen LogP) is 15.7. The van der Waals surface area contributed by atoms with Gasteiger partial charge in [0.1, 0.15) is 12.7 Å². The lowest BCUT2D eigenvalue weighted by Gasteiger charge is -2.25. The maximum atomic E-state index is 13.6. The van der Waals surface area contributed by atoms with E-state index in [2.05, 4.69) is 86.8 Å². The Morgan fingerprint density at radius 2 is 1.08 bits per heavy atom. The van der Waals surface area contributed by atoms with Crippen molar-refractivity contribution < 1.29 is 19.1 Å². The Kier molecular flexibility index (Phi) is 38.5. The monoisotopic (exact) mass is 837 g/mol. The van der Waals surface area contributed by atoms with Gasteiger partial charge in [0.15, 0.2) is 0 Å². The van der Waals surface area contributed by atoms with Crippen LogP contribution in [0.5, 0.6) is 0 Å². The number of rotatable bonds is 40. The number of ether oxygens (including phenoxy) is 2. The molecule has 0 aliphatic heterocycles. The maximum Gasteiger partial charge on any atom is 0.407 e. The van der Waals surface area contributed by atoms with Crippen LogP contribution in [0.2, 0.25) is 0 Å². The van der Waals surface area contributed by atoms with Crippen LogP contribution in [-0.4, -0.2) is 56.4 Å². The summed E-state index contributed by atoms with van der Waals surface area (Å²) >= 11 is 0. The molecule has 1 amide bonds. The van der Waals surface area contributed by atoms with Crippen molar-refractivity contribution in [2.24, 2.45) is 11.8 Å². The van der Waals surface area contributed by atoms with Crippen LogP contribution in [0.25, 0.3) is 0 Å². The Bertz CT molecular complexity index is 1090.